The molecule has 0 aromatic carbocycles. The molecule has 3 nitrogen and oxygen atoms in total. The van der Waals surface area contributed by atoms with Gasteiger partial charge in [-0.3, -0.25) is 4.79 Å². The van der Waals surface area contributed by atoms with Crippen LogP contribution in [-0.4, -0.2) is 37.0 Å². The molecule has 15 heavy (non-hydrogen) atoms. The second kappa shape index (κ2) is 4.79. The molecule has 2 aliphatic rings. The van der Waals surface area contributed by atoms with Gasteiger partial charge in [-0.25, -0.2) is 0 Å². The number of hydrogen-bond donors (Lipinski definition) is 1. The first-order chi connectivity index (χ1) is 7.27. The maximum absolute atomic E-state index is 12.1. The first-order valence-electron chi connectivity index (χ1n) is 5.92. The fourth-order valence-electron chi connectivity index (χ4n) is 2.29. The van der Waals surface area contributed by atoms with Gasteiger partial charge < -0.3 is 10.2 Å². The molecule has 1 atom stereocenters. The van der Waals surface area contributed by atoms with Crippen molar-refractivity contribution < 1.29 is 4.79 Å². The van der Waals surface area contributed by atoms with Gasteiger partial charge in [-0.1, -0.05) is 11.6 Å². The van der Waals surface area contributed by atoms with E-state index in [4.69, 9.17) is 0 Å². The van der Waals surface area contributed by atoms with Crippen molar-refractivity contribution in [1.29, 1.82) is 0 Å². The van der Waals surface area contributed by atoms with Crippen molar-refractivity contribution in [3.8, 4) is 0 Å². The number of nitrogens with zero attached hydrogens (tertiary/aromatic N) is 1. The zero-order chi connectivity index (χ0) is 10.7. The lowest BCUT2D eigenvalue weighted by Gasteiger charge is -2.31. The first-order valence-corrected chi connectivity index (χ1v) is 5.92. The van der Waals surface area contributed by atoms with E-state index in [9.17, 15) is 4.79 Å². The summed E-state index contributed by atoms with van der Waals surface area (Å²) in [5.74, 6) is 0.580. The Hall–Kier alpha value is -0.830. The Bertz CT molecular complexity index is 267. The third-order valence-corrected chi connectivity index (χ3v) is 3.39. The highest BCUT2D eigenvalue weighted by Crippen LogP contribution is 2.17. The average molecular weight is 208 g/mol. The summed E-state index contributed by atoms with van der Waals surface area (Å²) < 4.78 is 0. The maximum Gasteiger partial charge on any atom is 0.227 e. The summed E-state index contributed by atoms with van der Waals surface area (Å²) in [7, 11) is 0. The van der Waals surface area contributed by atoms with Gasteiger partial charge >= 0.3 is 0 Å². The number of carbonyl (C=O) groups excluding carboxylic acids is 1. The normalized spacial score (nSPS) is 27.4. The van der Waals surface area contributed by atoms with E-state index in [0.717, 1.165) is 45.4 Å². The Morgan fingerprint density at radius 1 is 1.60 bits per heavy atom. The van der Waals surface area contributed by atoms with Crippen molar-refractivity contribution in [2.45, 2.75) is 26.2 Å². The van der Waals surface area contributed by atoms with E-state index in [-0.39, 0.29) is 5.92 Å². The molecular formula is C12H20N2O. The summed E-state index contributed by atoms with van der Waals surface area (Å²) in [5.41, 5.74) is 1.42. The minimum absolute atomic E-state index is 0.227. The van der Waals surface area contributed by atoms with Gasteiger partial charge in [0.2, 0.25) is 5.91 Å². The third kappa shape index (κ3) is 2.59. The van der Waals surface area contributed by atoms with E-state index in [2.05, 4.69) is 18.3 Å². The van der Waals surface area contributed by atoms with Crippen molar-refractivity contribution >= 4 is 5.91 Å². The van der Waals surface area contributed by atoms with Gasteiger partial charge in [-0.15, -0.1) is 0 Å². The van der Waals surface area contributed by atoms with E-state index in [1.807, 2.05) is 4.90 Å². The van der Waals surface area contributed by atoms with Gasteiger partial charge in [0.05, 0.1) is 5.92 Å². The summed E-state index contributed by atoms with van der Waals surface area (Å²) in [6.45, 7) is 5.82. The van der Waals surface area contributed by atoms with Crippen molar-refractivity contribution in [3.05, 3.63) is 11.6 Å². The Kier molecular flexibility index (Phi) is 3.41. The zero-order valence-corrected chi connectivity index (χ0v) is 9.46. The lowest BCUT2D eigenvalue weighted by atomic mass is 9.97. The molecule has 84 valence electrons. The molecule has 0 saturated carbocycles. The van der Waals surface area contributed by atoms with Gasteiger partial charge in [-0.05, 0) is 32.7 Å². The SMILES string of the molecule is CC1=CCN(C(=O)[C@H]2CCCNC2)CC1. The molecule has 2 rings (SSSR count). The van der Waals surface area contributed by atoms with Crippen LogP contribution in [0.2, 0.25) is 0 Å². The Morgan fingerprint density at radius 2 is 2.47 bits per heavy atom. The molecule has 0 aromatic rings. The average Bonchev–Trinajstić information content (AvgIpc) is 2.30. The predicted molar refractivity (Wildman–Crippen MR) is 60.5 cm³/mol. The van der Waals surface area contributed by atoms with Gasteiger partial charge in [0.1, 0.15) is 0 Å². The highest BCUT2D eigenvalue weighted by molar-refractivity contribution is 5.79. The van der Waals surface area contributed by atoms with Crippen molar-refractivity contribution in [2.24, 2.45) is 5.92 Å². The summed E-state index contributed by atoms with van der Waals surface area (Å²) in [5, 5.41) is 3.30. The molecule has 1 fully saturated rings. The predicted octanol–water partition coefficient (Wildman–Crippen LogP) is 1.16. The molecule has 0 spiro atoms. The van der Waals surface area contributed by atoms with Crippen molar-refractivity contribution in [1.82, 2.24) is 10.2 Å². The van der Waals surface area contributed by atoms with Crippen LogP contribution >= 0.6 is 0 Å². The number of hydrogen-bond acceptors (Lipinski definition) is 2. The largest absolute Gasteiger partial charge is 0.338 e. The number of carbonyl (C=O) groups is 1. The number of rotatable bonds is 1. The molecule has 0 unspecified atom stereocenters. The smallest absolute Gasteiger partial charge is 0.227 e. The second-order valence-corrected chi connectivity index (χ2v) is 4.63. The quantitative estimate of drug-likeness (QED) is 0.656. The number of amides is 1. The van der Waals surface area contributed by atoms with Crippen LogP contribution in [0.5, 0.6) is 0 Å². The number of nitrogens with one attached hydrogen (secondary N) is 1. The molecule has 2 aliphatic heterocycles. The van der Waals surface area contributed by atoms with Crippen molar-refractivity contribution in [2.75, 3.05) is 26.2 Å². The summed E-state index contributed by atoms with van der Waals surface area (Å²) in [4.78, 5) is 14.1. The summed E-state index contributed by atoms with van der Waals surface area (Å²) in [6, 6.07) is 0. The van der Waals surface area contributed by atoms with Crippen LogP contribution in [0.3, 0.4) is 0 Å². The Labute approximate surface area is 91.5 Å². The molecular weight excluding hydrogens is 188 g/mol. The van der Waals surface area contributed by atoms with Crippen LogP contribution in [0.15, 0.2) is 11.6 Å². The van der Waals surface area contributed by atoms with E-state index < -0.39 is 0 Å². The van der Waals surface area contributed by atoms with Crippen LogP contribution in [0.4, 0.5) is 0 Å². The highest BCUT2D eigenvalue weighted by atomic mass is 16.2. The first kappa shape index (κ1) is 10.7. The summed E-state index contributed by atoms with van der Waals surface area (Å²) in [6.07, 6.45) is 5.42. The standard InChI is InChI=1S/C12H20N2O/c1-10-4-7-14(8-5-10)12(15)11-3-2-6-13-9-11/h4,11,13H,2-3,5-9H2,1H3/t11-/m0/s1. The lowest BCUT2D eigenvalue weighted by molar-refractivity contribution is -0.135. The van der Waals surface area contributed by atoms with Gasteiger partial charge in [0.25, 0.3) is 0 Å². The molecule has 0 radical (unpaired) electrons. The van der Waals surface area contributed by atoms with Crippen LogP contribution in [0.1, 0.15) is 26.2 Å². The second-order valence-electron chi connectivity index (χ2n) is 4.63. The Balaban J connectivity index is 1.90. The number of piperidine rings is 1. The molecule has 2 heterocycles. The monoisotopic (exact) mass is 208 g/mol. The van der Waals surface area contributed by atoms with E-state index in [1.54, 1.807) is 0 Å². The molecule has 0 aliphatic carbocycles. The Morgan fingerprint density at radius 3 is 3.07 bits per heavy atom. The summed E-state index contributed by atoms with van der Waals surface area (Å²) >= 11 is 0. The van der Waals surface area contributed by atoms with E-state index in [0.29, 0.717) is 5.91 Å². The van der Waals surface area contributed by atoms with Crippen LogP contribution in [0, 0.1) is 5.92 Å². The van der Waals surface area contributed by atoms with Gasteiger partial charge in [0.15, 0.2) is 0 Å². The van der Waals surface area contributed by atoms with Crippen LogP contribution in [0.25, 0.3) is 0 Å². The van der Waals surface area contributed by atoms with Crippen molar-refractivity contribution in [3.63, 3.8) is 0 Å². The van der Waals surface area contributed by atoms with Gasteiger partial charge in [0, 0.05) is 19.6 Å². The zero-order valence-electron chi connectivity index (χ0n) is 9.46. The maximum atomic E-state index is 12.1. The fraction of sp³-hybridized carbons (Fsp3) is 0.750. The minimum Gasteiger partial charge on any atom is -0.338 e. The highest BCUT2D eigenvalue weighted by Gasteiger charge is 2.26. The van der Waals surface area contributed by atoms with Crippen LogP contribution in [-0.2, 0) is 4.79 Å². The van der Waals surface area contributed by atoms with Gasteiger partial charge in [-0.2, -0.15) is 0 Å². The fourth-order valence-corrected chi connectivity index (χ4v) is 2.29. The molecule has 1 N–H and O–H groups in total. The molecule has 3 heteroatoms. The van der Waals surface area contributed by atoms with E-state index >= 15 is 0 Å². The minimum atomic E-state index is 0.227. The lowest BCUT2D eigenvalue weighted by Crippen LogP contribution is -2.44. The third-order valence-electron chi connectivity index (χ3n) is 3.39. The molecule has 0 bridgehead atoms. The molecule has 1 amide bonds. The molecule has 0 aromatic heterocycles. The molecule has 1 saturated heterocycles. The van der Waals surface area contributed by atoms with E-state index in [1.165, 1.54) is 5.57 Å². The topological polar surface area (TPSA) is 32.3 Å². The van der Waals surface area contributed by atoms with Crippen LogP contribution < -0.4 is 5.32 Å².